The molecule has 0 unspecified atom stereocenters. The molecule has 186 valence electrons. The molecule has 1 aliphatic heterocycles. The fourth-order valence-corrected chi connectivity index (χ4v) is 3.08. The van der Waals surface area contributed by atoms with Crippen molar-refractivity contribution >= 4 is 25.2 Å². The number of benzene rings is 2. The third-order valence-electron chi connectivity index (χ3n) is 4.21. The Morgan fingerprint density at radius 1 is 1.03 bits per heavy atom. The minimum Gasteiger partial charge on any atom is -0.516 e. The van der Waals surface area contributed by atoms with E-state index in [9.17, 15) is 4.79 Å². The zero-order valence-corrected chi connectivity index (χ0v) is 21.0. The molecule has 7 heteroatoms. The number of hydrogen-bond donors (Lipinski definition) is 2. The number of ether oxygens (including phenoxy) is 1. The van der Waals surface area contributed by atoms with Crippen LogP contribution in [0.2, 0.25) is 0 Å². The van der Waals surface area contributed by atoms with Crippen LogP contribution in [-0.2, 0) is 22.7 Å². The molecule has 0 fully saturated rings. The third-order valence-corrected chi connectivity index (χ3v) is 4.21. The number of hydrogen-bond acceptors (Lipinski definition) is 6. The summed E-state index contributed by atoms with van der Waals surface area (Å²) in [6.07, 6.45) is 2.43. The van der Waals surface area contributed by atoms with Crippen LogP contribution < -0.4 is 10.1 Å². The van der Waals surface area contributed by atoms with Gasteiger partial charge in [-0.3, -0.25) is 4.79 Å². The second kappa shape index (κ2) is 18.7. The van der Waals surface area contributed by atoms with E-state index in [1.165, 1.54) is 11.1 Å². The van der Waals surface area contributed by atoms with E-state index < -0.39 is 0 Å². The summed E-state index contributed by atoms with van der Waals surface area (Å²) in [7, 11) is 0. The molecule has 1 aliphatic rings. The highest BCUT2D eigenvalue weighted by atomic mass is 16.5. The van der Waals surface area contributed by atoms with E-state index in [0.717, 1.165) is 17.5 Å². The first-order valence-corrected chi connectivity index (χ1v) is 10.8. The maximum Gasteiger partial charge on any atom is 0.258 e. The van der Waals surface area contributed by atoms with Crippen LogP contribution in [0.5, 0.6) is 5.75 Å². The lowest BCUT2D eigenvalue weighted by molar-refractivity contribution is -0.0987. The number of nitrogens with one attached hydrogen (secondary N) is 1. The standard InChI is InChI=1S/C21H24N2O2.C2H4O.C2H6.2CH2O/c1-5-22-18-8-7-16-12-23(13-17(16)11-18)21(24)19-10-15(4)6-9-20(19)25-14(2)3;1-2-3;3*1-2/h5-11,14,22H,1,12-13H2,2-4H3;2-3H,1H2;1-2H3;2*1H2. The number of aliphatic hydroxyl groups is 1. The van der Waals surface area contributed by atoms with Gasteiger partial charge in [0.1, 0.15) is 19.3 Å². The number of fused-ring (bicyclic) bond motifs is 1. The molecule has 0 atom stereocenters. The maximum atomic E-state index is 13.1. The first-order valence-electron chi connectivity index (χ1n) is 10.8. The van der Waals surface area contributed by atoms with Crippen LogP contribution in [0.4, 0.5) is 5.69 Å². The van der Waals surface area contributed by atoms with Gasteiger partial charge in [0.25, 0.3) is 5.91 Å². The maximum absolute atomic E-state index is 13.1. The van der Waals surface area contributed by atoms with Gasteiger partial charge in [0, 0.05) is 18.8 Å². The average Bonchev–Trinajstić information content (AvgIpc) is 3.28. The molecule has 0 saturated heterocycles. The first-order chi connectivity index (χ1) is 16.4. The Morgan fingerprint density at radius 2 is 1.59 bits per heavy atom. The van der Waals surface area contributed by atoms with E-state index >= 15 is 0 Å². The van der Waals surface area contributed by atoms with Gasteiger partial charge in [-0.1, -0.05) is 44.7 Å². The number of aryl methyl sites for hydroxylation is 1. The second-order valence-corrected chi connectivity index (χ2v) is 6.84. The van der Waals surface area contributed by atoms with E-state index in [2.05, 4.69) is 30.6 Å². The van der Waals surface area contributed by atoms with Crippen LogP contribution >= 0.6 is 0 Å². The van der Waals surface area contributed by atoms with E-state index in [-0.39, 0.29) is 12.0 Å². The summed E-state index contributed by atoms with van der Waals surface area (Å²) in [6, 6.07) is 11.9. The summed E-state index contributed by atoms with van der Waals surface area (Å²) < 4.78 is 5.84. The summed E-state index contributed by atoms with van der Waals surface area (Å²) in [5, 5.41) is 10.4. The molecule has 0 aliphatic carbocycles. The summed E-state index contributed by atoms with van der Waals surface area (Å²) in [5.41, 5.74) is 5.02. The molecular formula is C27H38N2O5. The van der Waals surface area contributed by atoms with Crippen molar-refractivity contribution in [2.24, 2.45) is 0 Å². The van der Waals surface area contributed by atoms with Gasteiger partial charge in [0.15, 0.2) is 0 Å². The Bertz CT molecular complexity index is 895. The summed E-state index contributed by atoms with van der Waals surface area (Å²) in [6.45, 7) is 21.8. The molecule has 0 aromatic heterocycles. The molecule has 0 bridgehead atoms. The zero-order chi connectivity index (χ0) is 26.7. The van der Waals surface area contributed by atoms with Gasteiger partial charge in [-0.2, -0.15) is 0 Å². The number of carbonyl (C=O) groups excluding carboxylic acids is 3. The van der Waals surface area contributed by atoms with Crippen molar-refractivity contribution in [1.82, 2.24) is 4.90 Å². The highest BCUT2D eigenvalue weighted by Crippen LogP contribution is 2.30. The smallest absolute Gasteiger partial charge is 0.258 e. The molecule has 1 amide bonds. The lowest BCUT2D eigenvalue weighted by Crippen LogP contribution is -2.26. The SMILES string of the molecule is C=CNc1ccc2c(c1)CN(C(=O)c1cc(C)ccc1OC(C)C)C2.C=CO.C=O.C=O.CC. The third kappa shape index (κ3) is 10.2. The van der Waals surface area contributed by atoms with Crippen LogP contribution in [0.25, 0.3) is 0 Å². The summed E-state index contributed by atoms with van der Waals surface area (Å²) >= 11 is 0. The average molecular weight is 471 g/mol. The zero-order valence-electron chi connectivity index (χ0n) is 21.0. The Kier molecular flexibility index (Phi) is 17.7. The van der Waals surface area contributed by atoms with Crippen LogP contribution in [0.15, 0.2) is 62.0 Å². The van der Waals surface area contributed by atoms with Crippen LogP contribution in [0.1, 0.15) is 54.7 Å². The van der Waals surface area contributed by atoms with Gasteiger partial charge >= 0.3 is 0 Å². The topological polar surface area (TPSA) is 95.9 Å². The van der Waals surface area contributed by atoms with E-state index in [4.69, 9.17) is 19.4 Å². The van der Waals surface area contributed by atoms with Gasteiger partial charge in [-0.15, -0.1) is 0 Å². The van der Waals surface area contributed by atoms with Crippen molar-refractivity contribution in [3.8, 4) is 5.75 Å². The Balaban J connectivity index is 0. The number of carbonyl (C=O) groups is 3. The minimum absolute atomic E-state index is 0.00813. The molecule has 2 N–H and O–H groups in total. The minimum atomic E-state index is 0.00813. The van der Waals surface area contributed by atoms with Gasteiger partial charge in [0.2, 0.25) is 0 Å². The second-order valence-electron chi connectivity index (χ2n) is 6.84. The number of nitrogens with zero attached hydrogens (tertiary/aromatic N) is 1. The van der Waals surface area contributed by atoms with Crippen LogP contribution in [0.3, 0.4) is 0 Å². The fourth-order valence-electron chi connectivity index (χ4n) is 3.08. The molecule has 34 heavy (non-hydrogen) atoms. The molecule has 1 heterocycles. The Morgan fingerprint density at radius 3 is 2.12 bits per heavy atom. The van der Waals surface area contributed by atoms with E-state index in [1.54, 1.807) is 6.20 Å². The fraction of sp³-hybridized carbons (Fsp3) is 0.296. The molecule has 2 aromatic rings. The number of aliphatic hydroxyl groups excluding tert-OH is 1. The van der Waals surface area contributed by atoms with Crippen molar-refractivity contribution in [2.45, 2.75) is 53.8 Å². The van der Waals surface area contributed by atoms with Crippen molar-refractivity contribution < 1.29 is 24.2 Å². The molecule has 0 saturated carbocycles. The lowest BCUT2D eigenvalue weighted by Gasteiger charge is -2.19. The molecular weight excluding hydrogens is 432 g/mol. The molecule has 0 spiro atoms. The highest BCUT2D eigenvalue weighted by molar-refractivity contribution is 5.97. The van der Waals surface area contributed by atoms with Gasteiger partial charge < -0.3 is 29.6 Å². The highest BCUT2D eigenvalue weighted by Gasteiger charge is 2.26. The van der Waals surface area contributed by atoms with E-state index in [0.29, 0.717) is 24.4 Å². The van der Waals surface area contributed by atoms with Crippen LogP contribution in [0, 0.1) is 6.92 Å². The van der Waals surface area contributed by atoms with Crippen molar-refractivity contribution in [3.63, 3.8) is 0 Å². The van der Waals surface area contributed by atoms with Crippen molar-refractivity contribution in [2.75, 3.05) is 5.32 Å². The predicted octanol–water partition coefficient (Wildman–Crippen LogP) is 5.84. The van der Waals surface area contributed by atoms with Crippen molar-refractivity contribution in [3.05, 3.63) is 84.3 Å². The van der Waals surface area contributed by atoms with E-state index in [1.807, 2.05) is 77.4 Å². The van der Waals surface area contributed by atoms with Gasteiger partial charge in [-0.05, 0) is 62.4 Å². The molecule has 0 radical (unpaired) electrons. The number of anilines is 1. The first kappa shape index (κ1) is 32.3. The predicted molar refractivity (Wildman–Crippen MR) is 139 cm³/mol. The Hall–Kier alpha value is -3.87. The van der Waals surface area contributed by atoms with Gasteiger partial charge in [-0.25, -0.2) is 0 Å². The Labute approximate surface area is 203 Å². The quantitative estimate of drug-likeness (QED) is 0.533. The molecule has 7 nitrogen and oxygen atoms in total. The number of amides is 1. The number of rotatable bonds is 5. The monoisotopic (exact) mass is 470 g/mol. The van der Waals surface area contributed by atoms with Crippen molar-refractivity contribution in [1.29, 1.82) is 0 Å². The van der Waals surface area contributed by atoms with Crippen LogP contribution in [-0.4, -0.2) is 35.6 Å². The lowest BCUT2D eigenvalue weighted by atomic mass is 10.1. The summed E-state index contributed by atoms with van der Waals surface area (Å²) in [4.78, 5) is 31.0. The molecule has 2 aromatic carbocycles. The largest absolute Gasteiger partial charge is 0.516 e. The molecule has 3 rings (SSSR count). The normalized spacial score (nSPS) is 10.2. The van der Waals surface area contributed by atoms with Gasteiger partial charge in [0.05, 0.1) is 17.9 Å². The summed E-state index contributed by atoms with van der Waals surface area (Å²) in [5.74, 6) is 0.657.